The predicted octanol–water partition coefficient (Wildman–Crippen LogP) is 25.5. The highest BCUT2D eigenvalue weighted by Crippen LogP contribution is 2.56. The van der Waals surface area contributed by atoms with Gasteiger partial charge in [0.2, 0.25) is 17.1 Å². The van der Waals surface area contributed by atoms with Crippen LogP contribution in [0.1, 0.15) is 38.9 Å². The summed E-state index contributed by atoms with van der Waals surface area (Å²) in [6, 6.07) is 95.8. The number of hydrogen-bond acceptors (Lipinski definition) is 13. The lowest BCUT2D eigenvalue weighted by Crippen LogP contribution is -2.02. The van der Waals surface area contributed by atoms with Gasteiger partial charge in [0.15, 0.2) is 11.4 Å². The molecule has 18 nitrogen and oxygen atoms in total. The summed E-state index contributed by atoms with van der Waals surface area (Å²) in [6.07, 6.45) is 9.67. The van der Waals surface area contributed by atoms with Crippen LogP contribution in [0.25, 0.3) is 124 Å². The summed E-state index contributed by atoms with van der Waals surface area (Å²) in [6.45, 7) is 39.4. The average Bonchev–Trinajstić information content (AvgIpc) is 0.743. The van der Waals surface area contributed by atoms with Crippen molar-refractivity contribution in [3.05, 3.63) is 406 Å². The summed E-state index contributed by atoms with van der Waals surface area (Å²) in [5.74, 6) is 3.08. The molecule has 15 rings (SSSR count). The smallest absolute Gasteiger partial charge is 0.205 e. The molecule has 15 aromatic rings. The number of pyridine rings is 3. The summed E-state index contributed by atoms with van der Waals surface area (Å²) in [5.41, 5.74) is 10.8. The van der Waals surface area contributed by atoms with Crippen LogP contribution >= 0.6 is 0 Å². The third kappa shape index (κ3) is 15.9. The maximum Gasteiger partial charge on any atom is 0.205 e. The summed E-state index contributed by atoms with van der Waals surface area (Å²) < 4.78 is 19.2. The summed E-state index contributed by atoms with van der Waals surface area (Å²) in [4.78, 5) is 30.7. The Kier molecular flexibility index (Phi) is 23.6. The van der Waals surface area contributed by atoms with Gasteiger partial charge in [0.1, 0.15) is 34.5 Å². The van der Waals surface area contributed by atoms with E-state index in [1.165, 1.54) is 0 Å². The number of aromatic nitrogens is 3. The topological polar surface area (TPSA) is 255 Å². The molecule has 3 aromatic heterocycles. The van der Waals surface area contributed by atoms with E-state index in [4.69, 9.17) is 47.1 Å². The molecule has 0 radical (unpaired) electrons. The first kappa shape index (κ1) is 76.6. The maximum absolute atomic E-state index is 11.1. The van der Waals surface area contributed by atoms with E-state index in [0.717, 1.165) is 0 Å². The van der Waals surface area contributed by atoms with E-state index in [0.29, 0.717) is 135 Å². The molecule has 0 saturated carbocycles. The lowest BCUT2D eigenvalue weighted by molar-refractivity contribution is 0.484. The first-order valence-corrected chi connectivity index (χ1v) is 35.5. The minimum absolute atomic E-state index is 0.0764. The molecule has 0 aliphatic rings. The van der Waals surface area contributed by atoms with E-state index >= 15 is 0 Å². The van der Waals surface area contributed by atoms with Crippen LogP contribution in [0.2, 0.25) is 0 Å². The van der Waals surface area contributed by atoms with Crippen molar-refractivity contribution in [2.24, 2.45) is 0 Å². The average molecular weight is 1500 g/mol. The summed E-state index contributed by atoms with van der Waals surface area (Å²) in [5, 5.41) is 72.5. The van der Waals surface area contributed by atoms with Crippen molar-refractivity contribution in [2.75, 3.05) is 0 Å². The second-order valence-electron chi connectivity index (χ2n) is 25.1. The Bertz CT molecular complexity index is 6210. The highest BCUT2D eigenvalue weighted by molar-refractivity contribution is 6.08. The number of nitriles is 7. The van der Waals surface area contributed by atoms with Crippen LogP contribution in [0.15, 0.2) is 310 Å². The minimum atomic E-state index is 0.0764. The van der Waals surface area contributed by atoms with E-state index in [1.54, 1.807) is 165 Å². The van der Waals surface area contributed by atoms with Crippen LogP contribution in [-0.2, 0) is 0 Å². The maximum atomic E-state index is 11.1. The Labute approximate surface area is 673 Å². The Morgan fingerprint density at radius 3 is 0.829 bits per heavy atom. The van der Waals surface area contributed by atoms with Crippen molar-refractivity contribution < 1.29 is 14.2 Å². The standard InChI is InChI=1S/C45H27N3O3.C30H12N6.C24H12N6/c1-48-45-43(35-24-12-15-27-40(35)50-32-19-7-3-8-20-32)37(29-46)42(34-23-11-14-26-39(34)49-31-17-5-2-6-18-31)38(30-47)44(45)36-25-13-16-28-41(36)51-33-21-9-4-10-22-33;1-34-23-11-5-9-21(14-23)28-25(17-32)27(20-8-4-7-19(13-20)16-31)26(18-33)29(30(28)36-3)22-10-6-12-24(15-22)35-2;1-27-24-22(17-4-10-29-11-5-17)19(14-25)21(16-2-8-28-9-3-16)20(15-26)23(24)18-6-12-30-13-7-18/h2-28H;4-15H;2-13H. The number of rotatable bonds is 15. The molecule has 0 N–H and O–H groups in total. The molecule has 0 spiro atoms. The molecule has 0 bridgehead atoms. The number of nitrogens with zero attached hydrogens (tertiary/aromatic N) is 15. The number of hydrogen-bond donors (Lipinski definition) is 0. The van der Waals surface area contributed by atoms with Gasteiger partial charge >= 0.3 is 0 Å². The summed E-state index contributed by atoms with van der Waals surface area (Å²) >= 11 is 0. The van der Waals surface area contributed by atoms with Crippen LogP contribution in [0.3, 0.4) is 0 Å². The van der Waals surface area contributed by atoms with E-state index in [1.807, 2.05) is 146 Å². The quantitative estimate of drug-likeness (QED) is 0.0866. The van der Waals surface area contributed by atoms with Crippen LogP contribution in [0.5, 0.6) is 34.5 Å². The fourth-order valence-electron chi connectivity index (χ4n) is 13.6. The zero-order chi connectivity index (χ0) is 81.6. The zero-order valence-corrected chi connectivity index (χ0v) is 61.4. The van der Waals surface area contributed by atoms with Gasteiger partial charge in [-0.2, -0.15) is 36.8 Å². The monoisotopic (exact) mass is 1500 g/mol. The summed E-state index contributed by atoms with van der Waals surface area (Å²) in [7, 11) is 0. The van der Waals surface area contributed by atoms with Gasteiger partial charge in [-0.15, -0.1) is 0 Å². The fraction of sp³-hybridized carbons (Fsp3) is 0. The first-order valence-electron chi connectivity index (χ1n) is 35.5. The molecule has 0 fully saturated rings. The number of benzene rings is 12. The van der Waals surface area contributed by atoms with Crippen molar-refractivity contribution in [2.45, 2.75) is 0 Å². The molecule has 0 aliphatic heterocycles. The van der Waals surface area contributed by atoms with Crippen LogP contribution in [0.4, 0.5) is 28.4 Å². The van der Waals surface area contributed by atoms with Gasteiger partial charge in [0.25, 0.3) is 0 Å². The highest BCUT2D eigenvalue weighted by Gasteiger charge is 2.33. The van der Waals surface area contributed by atoms with Crippen molar-refractivity contribution in [3.63, 3.8) is 0 Å². The Morgan fingerprint density at radius 1 is 0.231 bits per heavy atom. The van der Waals surface area contributed by atoms with Crippen molar-refractivity contribution in [1.29, 1.82) is 36.8 Å². The van der Waals surface area contributed by atoms with Crippen LogP contribution in [0, 0.1) is 112 Å². The molecule has 0 unspecified atom stereocenters. The molecule has 0 atom stereocenters. The zero-order valence-electron chi connectivity index (χ0n) is 61.4. The minimum Gasteiger partial charge on any atom is -0.457 e. The SMILES string of the molecule is [C-]#[N+]c1c(-c2ccccc2Oc2ccccc2)c(C#N)c(-c2ccccc2Oc2ccccc2)c(C#N)c1-c1ccccc1Oc1ccccc1.[C-]#[N+]c1c(-c2ccncc2)c(C#N)c(-c2ccncc2)c(C#N)c1-c1ccncc1.[C-]#[N+]c1cccc(-c2c(C#N)c(-c3cccc(C#N)c3)c(C#N)c(-c3cccc([N+]#[C-])c3)c2[N+]#[C-])c1. The van der Waals surface area contributed by atoms with E-state index in [-0.39, 0.29) is 67.1 Å². The molecule has 18 heteroatoms. The molecular formula is C99H51N15O3. The molecule has 0 saturated heterocycles. The van der Waals surface area contributed by atoms with Crippen molar-refractivity contribution in [3.8, 4) is 177 Å². The van der Waals surface area contributed by atoms with E-state index in [2.05, 4.69) is 81.7 Å². The normalized spacial score (nSPS) is 9.95. The van der Waals surface area contributed by atoms with Crippen molar-refractivity contribution >= 4 is 28.4 Å². The molecule has 0 amide bonds. The molecule has 12 aromatic carbocycles. The van der Waals surface area contributed by atoms with Crippen LogP contribution in [-0.4, -0.2) is 15.0 Å². The van der Waals surface area contributed by atoms with Gasteiger partial charge in [-0.1, -0.05) is 158 Å². The van der Waals surface area contributed by atoms with E-state index < -0.39 is 0 Å². The molecule has 540 valence electrons. The predicted molar refractivity (Wildman–Crippen MR) is 445 cm³/mol. The fourth-order valence-corrected chi connectivity index (χ4v) is 13.6. The van der Waals surface area contributed by atoms with Crippen molar-refractivity contribution in [1.82, 2.24) is 15.0 Å². The number of ether oxygens (including phenoxy) is 3. The van der Waals surface area contributed by atoms with Gasteiger partial charge in [0, 0.05) is 104 Å². The molecule has 3 heterocycles. The van der Waals surface area contributed by atoms with Gasteiger partial charge in [-0.05, 0) is 149 Å². The Morgan fingerprint density at radius 2 is 0.504 bits per heavy atom. The lowest BCUT2D eigenvalue weighted by Gasteiger charge is -2.23. The molecular weight excluding hydrogens is 1450 g/mol. The third-order valence-electron chi connectivity index (χ3n) is 18.5. The second kappa shape index (κ2) is 36.1. The second-order valence-corrected chi connectivity index (χ2v) is 25.1. The Hall–Kier alpha value is -18.6. The van der Waals surface area contributed by atoms with E-state index in [9.17, 15) is 36.8 Å². The van der Waals surface area contributed by atoms with Crippen LogP contribution < -0.4 is 14.2 Å². The largest absolute Gasteiger partial charge is 0.457 e. The molecule has 117 heavy (non-hydrogen) atoms. The van der Waals surface area contributed by atoms with Gasteiger partial charge < -0.3 is 14.2 Å². The van der Waals surface area contributed by atoms with Gasteiger partial charge in [-0.3, -0.25) is 15.0 Å². The molecule has 0 aliphatic carbocycles. The number of para-hydroxylation sites is 6. The first-order chi connectivity index (χ1) is 57.6. The highest BCUT2D eigenvalue weighted by atomic mass is 16.5. The Balaban J connectivity index is 0.000000159. The lowest BCUT2D eigenvalue weighted by atomic mass is 9.81. The van der Waals surface area contributed by atoms with Gasteiger partial charge in [-0.25, -0.2) is 24.2 Å². The van der Waals surface area contributed by atoms with Gasteiger partial charge in [0.05, 0.1) is 114 Å². The third-order valence-corrected chi connectivity index (χ3v) is 18.5.